The van der Waals surface area contributed by atoms with E-state index < -0.39 is 6.29 Å². The van der Waals surface area contributed by atoms with E-state index in [-0.39, 0.29) is 24.8 Å². The van der Waals surface area contributed by atoms with Gasteiger partial charge in [0.2, 0.25) is 0 Å². The number of pyridine rings is 1. The first-order chi connectivity index (χ1) is 27.0. The first-order valence-electron chi connectivity index (χ1n) is 18.6. The number of carbonyl (C=O) groups is 1. The standard InChI is InChI=1S/C46H46N4O5/c1-50(28-26-38-10-7-8-27-47-38)31-42-29-44(35-16-14-33(32-51)15-17-35)55-45(54-42)36-20-18-34(19-21-36)43-13-6-5-9-37(43)30-48-46(52)49-39-22-24-41(25-23-39)53-40-11-3-2-4-12-40/h2-25,27,42,44-45,51H,26,28-32H2,1H3,(H2,48,49,52)/t42-,44+,45+/m0/s1. The van der Waals surface area contributed by atoms with Crippen molar-refractivity contribution in [3.63, 3.8) is 0 Å². The predicted molar refractivity (Wildman–Crippen MR) is 215 cm³/mol. The zero-order valence-corrected chi connectivity index (χ0v) is 30.9. The summed E-state index contributed by atoms with van der Waals surface area (Å²) in [4.78, 5) is 19.7. The van der Waals surface area contributed by atoms with Crippen LogP contribution >= 0.6 is 0 Å². The number of hydrogen-bond donors (Lipinski definition) is 3. The van der Waals surface area contributed by atoms with Crippen molar-refractivity contribution >= 4 is 11.7 Å². The molecule has 3 N–H and O–H groups in total. The maximum Gasteiger partial charge on any atom is 0.319 e. The van der Waals surface area contributed by atoms with Crippen LogP contribution in [0, 0.1) is 0 Å². The number of amides is 2. The number of hydrogen-bond acceptors (Lipinski definition) is 7. The third-order valence-electron chi connectivity index (χ3n) is 9.65. The summed E-state index contributed by atoms with van der Waals surface area (Å²) in [5.74, 6) is 1.44. The molecule has 1 saturated heterocycles. The van der Waals surface area contributed by atoms with Crippen molar-refractivity contribution in [1.29, 1.82) is 0 Å². The molecule has 9 heteroatoms. The third-order valence-corrected chi connectivity index (χ3v) is 9.65. The number of ether oxygens (including phenoxy) is 3. The molecule has 7 rings (SSSR count). The number of urea groups is 1. The monoisotopic (exact) mass is 734 g/mol. The quantitative estimate of drug-likeness (QED) is 0.103. The second-order valence-electron chi connectivity index (χ2n) is 13.7. The highest BCUT2D eigenvalue weighted by atomic mass is 16.7. The highest BCUT2D eigenvalue weighted by molar-refractivity contribution is 5.89. The molecule has 5 aromatic carbocycles. The van der Waals surface area contributed by atoms with Crippen molar-refractivity contribution in [1.82, 2.24) is 15.2 Å². The molecule has 1 fully saturated rings. The minimum atomic E-state index is -0.556. The average Bonchev–Trinajstić information content (AvgIpc) is 3.24. The van der Waals surface area contributed by atoms with E-state index >= 15 is 0 Å². The number of aliphatic hydroxyl groups excluding tert-OH is 1. The Kier molecular flexibility index (Phi) is 12.6. The fraction of sp³-hybridized carbons (Fsp3) is 0.217. The van der Waals surface area contributed by atoms with Crippen molar-refractivity contribution in [3.05, 3.63) is 180 Å². The average molecular weight is 735 g/mol. The number of para-hydroxylation sites is 1. The summed E-state index contributed by atoms with van der Waals surface area (Å²) < 4.78 is 19.1. The Balaban J connectivity index is 0.990. The summed E-state index contributed by atoms with van der Waals surface area (Å²) in [6.07, 6.45) is 2.62. The number of anilines is 1. The van der Waals surface area contributed by atoms with Crippen molar-refractivity contribution in [3.8, 4) is 22.6 Å². The Bertz CT molecular complexity index is 2100. The molecular formula is C46H46N4O5. The van der Waals surface area contributed by atoms with E-state index in [0.29, 0.717) is 24.4 Å². The van der Waals surface area contributed by atoms with Crippen LogP contribution in [-0.4, -0.2) is 47.3 Å². The number of likely N-dealkylation sites (N-methyl/N-ethyl adjacent to an activating group) is 1. The molecule has 9 nitrogen and oxygen atoms in total. The summed E-state index contributed by atoms with van der Waals surface area (Å²) in [7, 11) is 2.12. The second kappa shape index (κ2) is 18.5. The molecule has 0 bridgehead atoms. The van der Waals surface area contributed by atoms with Gasteiger partial charge in [0, 0.05) is 55.6 Å². The SMILES string of the molecule is CN(CCc1ccccn1)C[C@@H]1C[C@H](c2ccc(CO)cc2)O[C@H](c2ccc(-c3ccccc3CNC(=O)Nc3ccc(Oc4ccccc4)cc3)cc2)O1. The van der Waals surface area contributed by atoms with Gasteiger partial charge in [0.05, 0.1) is 18.8 Å². The van der Waals surface area contributed by atoms with E-state index in [1.165, 1.54) is 0 Å². The van der Waals surface area contributed by atoms with Gasteiger partial charge in [-0.3, -0.25) is 4.98 Å². The molecular weight excluding hydrogens is 689 g/mol. The summed E-state index contributed by atoms with van der Waals surface area (Å²) in [5, 5.41) is 15.5. The van der Waals surface area contributed by atoms with E-state index in [0.717, 1.165) is 64.3 Å². The fourth-order valence-electron chi connectivity index (χ4n) is 6.68. The van der Waals surface area contributed by atoms with Crippen molar-refractivity contribution in [2.75, 3.05) is 25.5 Å². The minimum absolute atomic E-state index is 0.000448. The second-order valence-corrected chi connectivity index (χ2v) is 13.7. The zero-order valence-electron chi connectivity index (χ0n) is 30.9. The van der Waals surface area contributed by atoms with Crippen molar-refractivity contribution in [2.45, 2.75) is 44.5 Å². The molecule has 0 aliphatic carbocycles. The van der Waals surface area contributed by atoms with Crippen LogP contribution in [0.15, 0.2) is 152 Å². The maximum atomic E-state index is 12.9. The van der Waals surface area contributed by atoms with Gasteiger partial charge >= 0.3 is 6.03 Å². The van der Waals surface area contributed by atoms with E-state index in [1.807, 2.05) is 115 Å². The van der Waals surface area contributed by atoms with Gasteiger partial charge in [-0.05, 0) is 83.4 Å². The van der Waals surface area contributed by atoms with Gasteiger partial charge in [0.15, 0.2) is 6.29 Å². The molecule has 1 aliphatic heterocycles. The van der Waals surface area contributed by atoms with Crippen molar-refractivity contribution < 1.29 is 24.1 Å². The highest BCUT2D eigenvalue weighted by Crippen LogP contribution is 2.39. The molecule has 3 atom stereocenters. The van der Waals surface area contributed by atoms with Gasteiger partial charge in [0.1, 0.15) is 11.5 Å². The predicted octanol–water partition coefficient (Wildman–Crippen LogP) is 9.07. The molecule has 55 heavy (non-hydrogen) atoms. The van der Waals surface area contributed by atoms with E-state index in [1.54, 1.807) is 0 Å². The number of benzene rings is 5. The van der Waals surface area contributed by atoms with Crippen LogP contribution in [0.1, 0.15) is 46.8 Å². The smallest absolute Gasteiger partial charge is 0.319 e. The van der Waals surface area contributed by atoms with Crippen LogP contribution in [0.5, 0.6) is 11.5 Å². The lowest BCUT2D eigenvalue weighted by atomic mass is 9.97. The molecule has 0 spiro atoms. The van der Waals surface area contributed by atoms with E-state index in [4.69, 9.17) is 14.2 Å². The Hall–Kier alpha value is -5.84. The number of carbonyl (C=O) groups excluding carboxylic acids is 1. The van der Waals surface area contributed by atoms with Crippen LogP contribution in [0.4, 0.5) is 10.5 Å². The lowest BCUT2D eigenvalue weighted by molar-refractivity contribution is -0.252. The van der Waals surface area contributed by atoms with Crippen LogP contribution in [0.25, 0.3) is 11.1 Å². The molecule has 280 valence electrons. The van der Waals surface area contributed by atoms with Gasteiger partial charge in [-0.1, -0.05) is 97.1 Å². The van der Waals surface area contributed by atoms with Gasteiger partial charge < -0.3 is 34.9 Å². The van der Waals surface area contributed by atoms with Crippen LogP contribution < -0.4 is 15.4 Å². The number of aromatic nitrogens is 1. The lowest BCUT2D eigenvalue weighted by Crippen LogP contribution is -2.38. The number of nitrogens with zero attached hydrogens (tertiary/aromatic N) is 2. The molecule has 1 aromatic heterocycles. The fourth-order valence-corrected chi connectivity index (χ4v) is 6.68. The first-order valence-corrected chi connectivity index (χ1v) is 18.6. The van der Waals surface area contributed by atoms with Crippen LogP contribution in [0.3, 0.4) is 0 Å². The van der Waals surface area contributed by atoms with Gasteiger partial charge in [-0.2, -0.15) is 0 Å². The lowest BCUT2D eigenvalue weighted by Gasteiger charge is -2.38. The number of nitrogens with one attached hydrogen (secondary N) is 2. The van der Waals surface area contributed by atoms with Crippen molar-refractivity contribution in [2.24, 2.45) is 0 Å². The van der Waals surface area contributed by atoms with E-state index in [9.17, 15) is 9.90 Å². The van der Waals surface area contributed by atoms with Crippen LogP contribution in [-0.2, 0) is 29.0 Å². The molecule has 0 radical (unpaired) electrons. The summed E-state index contributed by atoms with van der Waals surface area (Å²) >= 11 is 0. The minimum Gasteiger partial charge on any atom is -0.457 e. The first kappa shape index (κ1) is 37.5. The van der Waals surface area contributed by atoms with Crippen LogP contribution in [0.2, 0.25) is 0 Å². The Morgan fingerprint density at radius 2 is 1.51 bits per heavy atom. The summed E-state index contributed by atoms with van der Waals surface area (Å²) in [5.41, 5.74) is 7.62. The van der Waals surface area contributed by atoms with Gasteiger partial charge in [0.25, 0.3) is 0 Å². The molecule has 0 saturated carbocycles. The Morgan fingerprint density at radius 3 is 2.25 bits per heavy atom. The molecule has 6 aromatic rings. The summed E-state index contributed by atoms with van der Waals surface area (Å²) in [6.45, 7) is 1.96. The Labute approximate surface area is 322 Å². The van der Waals surface area contributed by atoms with E-state index in [2.05, 4.69) is 64.0 Å². The third kappa shape index (κ3) is 10.4. The van der Waals surface area contributed by atoms with Gasteiger partial charge in [-0.25, -0.2) is 4.79 Å². The Morgan fingerprint density at radius 1 is 0.800 bits per heavy atom. The van der Waals surface area contributed by atoms with Gasteiger partial charge in [-0.15, -0.1) is 0 Å². The molecule has 0 unspecified atom stereocenters. The topological polar surface area (TPSA) is 105 Å². The number of aliphatic hydroxyl groups is 1. The zero-order chi connectivity index (χ0) is 37.8. The normalized spacial score (nSPS) is 16.7. The number of rotatable bonds is 14. The molecule has 2 amide bonds. The molecule has 2 heterocycles. The maximum absolute atomic E-state index is 12.9. The largest absolute Gasteiger partial charge is 0.457 e. The highest BCUT2D eigenvalue weighted by Gasteiger charge is 2.33. The summed E-state index contributed by atoms with van der Waals surface area (Å²) in [6, 6.07) is 46.8. The molecule has 1 aliphatic rings.